The summed E-state index contributed by atoms with van der Waals surface area (Å²) < 4.78 is 10.7. The first-order chi connectivity index (χ1) is 14.2. The van der Waals surface area contributed by atoms with Crippen LogP contribution in [0.3, 0.4) is 0 Å². The van der Waals surface area contributed by atoms with E-state index in [2.05, 4.69) is 10.2 Å². The molecule has 2 heterocycles. The van der Waals surface area contributed by atoms with Gasteiger partial charge in [-0.3, -0.25) is 15.0 Å². The van der Waals surface area contributed by atoms with Gasteiger partial charge in [0.25, 0.3) is 0 Å². The Bertz CT molecular complexity index is 771. The van der Waals surface area contributed by atoms with Crippen LogP contribution in [-0.2, 0) is 4.74 Å². The second kappa shape index (κ2) is 9.18. The monoisotopic (exact) mass is 420 g/mol. The van der Waals surface area contributed by atoms with E-state index in [9.17, 15) is 14.9 Å². The molecule has 0 aliphatic carbocycles. The van der Waals surface area contributed by atoms with Crippen LogP contribution in [0.5, 0.6) is 5.75 Å². The molecule has 9 nitrogen and oxygen atoms in total. The smallest absolute Gasteiger partial charge is 0.410 e. The normalized spacial score (nSPS) is 21.3. The number of likely N-dealkylation sites (tertiary alicyclic amines) is 1. The van der Waals surface area contributed by atoms with Crippen molar-refractivity contribution in [1.29, 1.82) is 0 Å². The fraction of sp³-hybridized carbons (Fsp3) is 0.667. The van der Waals surface area contributed by atoms with Gasteiger partial charge in [-0.25, -0.2) is 4.79 Å². The lowest BCUT2D eigenvalue weighted by atomic mass is 9.98. The zero-order chi connectivity index (χ0) is 21.9. The molecule has 0 aromatic heterocycles. The van der Waals surface area contributed by atoms with Crippen LogP contribution in [0.1, 0.15) is 45.2 Å². The molecule has 0 spiro atoms. The Kier molecular flexibility index (Phi) is 6.82. The Morgan fingerprint density at radius 1 is 1.23 bits per heavy atom. The molecule has 1 unspecified atom stereocenters. The molecule has 1 atom stereocenters. The number of amides is 1. The van der Waals surface area contributed by atoms with E-state index in [4.69, 9.17) is 9.47 Å². The van der Waals surface area contributed by atoms with Crippen LogP contribution < -0.4 is 10.1 Å². The third-order valence-corrected chi connectivity index (χ3v) is 5.64. The van der Waals surface area contributed by atoms with Crippen LogP contribution in [0.15, 0.2) is 18.2 Å². The van der Waals surface area contributed by atoms with Crippen molar-refractivity contribution in [2.75, 3.05) is 39.8 Å². The Labute approximate surface area is 177 Å². The van der Waals surface area contributed by atoms with Gasteiger partial charge in [-0.05, 0) is 45.2 Å². The molecule has 1 amide bonds. The molecule has 1 aromatic rings. The lowest BCUT2D eigenvalue weighted by Gasteiger charge is -2.42. The van der Waals surface area contributed by atoms with Gasteiger partial charge in [0.2, 0.25) is 0 Å². The van der Waals surface area contributed by atoms with Crippen molar-refractivity contribution in [3.05, 3.63) is 33.9 Å². The van der Waals surface area contributed by atoms with Gasteiger partial charge >= 0.3 is 11.8 Å². The predicted octanol–water partition coefficient (Wildman–Crippen LogP) is 2.95. The molecule has 0 bridgehead atoms. The summed E-state index contributed by atoms with van der Waals surface area (Å²) in [4.78, 5) is 27.3. The van der Waals surface area contributed by atoms with E-state index in [0.29, 0.717) is 19.1 Å². The number of ether oxygens (including phenoxy) is 2. The van der Waals surface area contributed by atoms with Gasteiger partial charge in [-0.2, -0.15) is 0 Å². The fourth-order valence-corrected chi connectivity index (χ4v) is 4.13. The van der Waals surface area contributed by atoms with Crippen molar-refractivity contribution in [3.63, 3.8) is 0 Å². The second-order valence-electron chi connectivity index (χ2n) is 8.89. The number of rotatable bonds is 4. The summed E-state index contributed by atoms with van der Waals surface area (Å²) in [7, 11) is 1.45. The number of methoxy groups -OCH3 is 1. The summed E-state index contributed by atoms with van der Waals surface area (Å²) in [6.45, 7) is 9.63. The molecule has 1 N–H and O–H groups in total. The number of piperidine rings is 1. The third kappa shape index (κ3) is 5.40. The first kappa shape index (κ1) is 22.3. The molecule has 3 rings (SSSR count). The highest BCUT2D eigenvalue weighted by molar-refractivity contribution is 5.68. The highest BCUT2D eigenvalue weighted by Gasteiger charge is 2.32. The van der Waals surface area contributed by atoms with Crippen molar-refractivity contribution in [1.82, 2.24) is 15.1 Å². The number of carbonyl (C=O) groups excluding carboxylic acids is 1. The Balaban J connectivity index is 1.59. The van der Waals surface area contributed by atoms with E-state index >= 15 is 0 Å². The maximum atomic E-state index is 12.3. The molecule has 1 aromatic carbocycles. The minimum absolute atomic E-state index is 0.0246. The number of nitrogens with one attached hydrogen (secondary N) is 1. The molecule has 2 aliphatic rings. The molecule has 30 heavy (non-hydrogen) atoms. The summed E-state index contributed by atoms with van der Waals surface area (Å²) in [6.07, 6.45) is 1.59. The number of benzene rings is 1. The summed E-state index contributed by atoms with van der Waals surface area (Å²) in [5.41, 5.74) is 0.475. The molecule has 166 valence electrons. The van der Waals surface area contributed by atoms with Gasteiger partial charge in [0, 0.05) is 50.9 Å². The topological polar surface area (TPSA) is 97.2 Å². The highest BCUT2D eigenvalue weighted by atomic mass is 16.6. The number of nitro benzene ring substituents is 1. The zero-order valence-corrected chi connectivity index (χ0v) is 18.2. The first-order valence-electron chi connectivity index (χ1n) is 10.5. The van der Waals surface area contributed by atoms with Gasteiger partial charge < -0.3 is 19.7 Å². The van der Waals surface area contributed by atoms with E-state index < -0.39 is 10.5 Å². The molecule has 2 fully saturated rings. The number of hydrogen-bond donors (Lipinski definition) is 1. The van der Waals surface area contributed by atoms with Gasteiger partial charge in [0.05, 0.1) is 12.0 Å². The van der Waals surface area contributed by atoms with Gasteiger partial charge in [-0.15, -0.1) is 0 Å². The average molecular weight is 421 g/mol. The zero-order valence-electron chi connectivity index (χ0n) is 18.2. The van der Waals surface area contributed by atoms with E-state index in [1.807, 2.05) is 20.8 Å². The summed E-state index contributed by atoms with van der Waals surface area (Å²) in [5.74, 6) is 0.280. The average Bonchev–Trinajstić information content (AvgIpc) is 2.72. The van der Waals surface area contributed by atoms with Gasteiger partial charge in [0.1, 0.15) is 5.60 Å². The summed E-state index contributed by atoms with van der Waals surface area (Å²) in [6, 6.07) is 5.55. The van der Waals surface area contributed by atoms with Crippen LogP contribution in [0.2, 0.25) is 0 Å². The van der Waals surface area contributed by atoms with Crippen LogP contribution in [0.4, 0.5) is 10.5 Å². The van der Waals surface area contributed by atoms with E-state index in [-0.39, 0.29) is 23.6 Å². The minimum Gasteiger partial charge on any atom is -0.490 e. The highest BCUT2D eigenvalue weighted by Crippen LogP contribution is 2.31. The molecule has 0 radical (unpaired) electrons. The number of nitrogens with zero attached hydrogens (tertiary/aromatic N) is 3. The molecule has 0 saturated carbocycles. The van der Waals surface area contributed by atoms with Gasteiger partial charge in [0.15, 0.2) is 5.75 Å². The summed E-state index contributed by atoms with van der Waals surface area (Å²) in [5, 5.41) is 14.6. The molecule has 9 heteroatoms. The lowest BCUT2D eigenvalue weighted by Crippen LogP contribution is -2.54. The minimum atomic E-state index is -0.481. The molecule has 2 aliphatic heterocycles. The fourth-order valence-electron chi connectivity index (χ4n) is 4.13. The van der Waals surface area contributed by atoms with Crippen LogP contribution >= 0.6 is 0 Å². The lowest BCUT2D eigenvalue weighted by molar-refractivity contribution is -0.385. The quantitative estimate of drug-likeness (QED) is 0.591. The maximum absolute atomic E-state index is 12.3. The van der Waals surface area contributed by atoms with Crippen molar-refractivity contribution < 1.29 is 19.2 Å². The largest absolute Gasteiger partial charge is 0.490 e. The van der Waals surface area contributed by atoms with E-state index in [0.717, 1.165) is 38.0 Å². The molecular formula is C21H32N4O5. The second-order valence-corrected chi connectivity index (χ2v) is 8.89. The van der Waals surface area contributed by atoms with E-state index in [1.165, 1.54) is 13.2 Å². The molecule has 2 saturated heterocycles. The number of carbonyl (C=O) groups is 1. The van der Waals surface area contributed by atoms with Gasteiger partial charge in [-0.1, -0.05) is 6.07 Å². The van der Waals surface area contributed by atoms with Crippen LogP contribution in [0.25, 0.3) is 0 Å². The van der Waals surface area contributed by atoms with Crippen LogP contribution in [-0.4, -0.2) is 72.3 Å². The maximum Gasteiger partial charge on any atom is 0.410 e. The predicted molar refractivity (Wildman–Crippen MR) is 113 cm³/mol. The number of hydrogen-bond acceptors (Lipinski definition) is 7. The summed E-state index contributed by atoms with van der Waals surface area (Å²) >= 11 is 0. The molecular weight excluding hydrogens is 388 g/mol. The first-order valence-corrected chi connectivity index (χ1v) is 10.5. The van der Waals surface area contributed by atoms with Crippen molar-refractivity contribution in [3.8, 4) is 5.75 Å². The SMILES string of the molecule is COc1cc(C2CN(C3CCN(C(=O)OC(C)(C)C)CC3)CCN2)ccc1[N+](=O)[O-]. The van der Waals surface area contributed by atoms with Crippen molar-refractivity contribution >= 4 is 11.8 Å². The van der Waals surface area contributed by atoms with Crippen molar-refractivity contribution in [2.45, 2.75) is 51.3 Å². The standard InChI is InChI=1S/C21H32N4O5/c1-21(2,3)30-20(26)23-10-7-16(8-11-23)24-12-9-22-17(14-24)15-5-6-18(25(27)28)19(13-15)29-4/h5-6,13,16-17,22H,7-12,14H2,1-4H3. The third-order valence-electron chi connectivity index (χ3n) is 5.64. The Morgan fingerprint density at radius 3 is 2.53 bits per heavy atom. The number of nitro groups is 1. The van der Waals surface area contributed by atoms with Crippen molar-refractivity contribution in [2.24, 2.45) is 0 Å². The Morgan fingerprint density at radius 2 is 1.93 bits per heavy atom. The Hall–Kier alpha value is -2.39. The number of piperazine rings is 1. The van der Waals surface area contributed by atoms with Crippen LogP contribution in [0, 0.1) is 10.1 Å². The van der Waals surface area contributed by atoms with E-state index in [1.54, 1.807) is 17.0 Å².